The molecule has 0 saturated heterocycles. The van der Waals surface area contributed by atoms with Crippen molar-refractivity contribution in [3.8, 4) is 0 Å². The van der Waals surface area contributed by atoms with Gasteiger partial charge in [0.2, 0.25) is 0 Å². The van der Waals surface area contributed by atoms with E-state index in [0.717, 1.165) is 6.42 Å². The highest BCUT2D eigenvalue weighted by atomic mass is 14.8. The number of fused-ring (bicyclic) bond motifs is 1. The van der Waals surface area contributed by atoms with Crippen LogP contribution in [0.4, 0.5) is 0 Å². The third-order valence-electron chi connectivity index (χ3n) is 2.04. The lowest BCUT2D eigenvalue weighted by Gasteiger charge is -2.05. The number of nitrogens with zero attached hydrogens (tertiary/aromatic N) is 1. The highest BCUT2D eigenvalue weighted by Gasteiger charge is 2.15. The topological polar surface area (TPSA) is 12.4 Å². The van der Waals surface area contributed by atoms with Crippen molar-refractivity contribution in [3.05, 3.63) is 36.0 Å². The van der Waals surface area contributed by atoms with Crippen molar-refractivity contribution in [1.29, 1.82) is 0 Å². The smallest absolute Gasteiger partial charge is 0.0937 e. The van der Waals surface area contributed by atoms with Crippen LogP contribution < -0.4 is 0 Å². The Morgan fingerprint density at radius 1 is 1.45 bits per heavy atom. The normalized spacial score (nSPS) is 26.5. The Hall–Kier alpha value is -1.11. The highest BCUT2D eigenvalue weighted by Crippen LogP contribution is 2.21. The van der Waals surface area contributed by atoms with Gasteiger partial charge in [0.25, 0.3) is 0 Å². The van der Waals surface area contributed by atoms with Gasteiger partial charge in [-0.15, -0.1) is 0 Å². The molecule has 0 fully saturated rings. The van der Waals surface area contributed by atoms with Crippen LogP contribution >= 0.6 is 0 Å². The van der Waals surface area contributed by atoms with Gasteiger partial charge in [-0.3, -0.25) is 4.99 Å². The van der Waals surface area contributed by atoms with Crippen LogP contribution in [0.5, 0.6) is 0 Å². The van der Waals surface area contributed by atoms with Gasteiger partial charge in [-0.25, -0.2) is 0 Å². The first-order valence-corrected chi connectivity index (χ1v) is 4.03. The summed E-state index contributed by atoms with van der Waals surface area (Å²) in [7, 11) is 0. The molecule has 1 atom stereocenters. The van der Waals surface area contributed by atoms with Crippen molar-refractivity contribution in [2.24, 2.45) is 4.99 Å². The number of aliphatic imine (C=N–C) groups is 1. The molecule has 56 valence electrons. The van der Waals surface area contributed by atoms with E-state index in [1.54, 1.807) is 0 Å². The van der Waals surface area contributed by atoms with Gasteiger partial charge in [-0.1, -0.05) is 31.2 Å². The third kappa shape index (κ3) is 1.07. The molecule has 1 heterocycles. The van der Waals surface area contributed by atoms with Gasteiger partial charge in [0.1, 0.15) is 0 Å². The van der Waals surface area contributed by atoms with Crippen LogP contribution in [-0.2, 0) is 0 Å². The molecule has 0 aromatic carbocycles. The lowest BCUT2D eigenvalue weighted by Crippen LogP contribution is -2.00. The summed E-state index contributed by atoms with van der Waals surface area (Å²) in [5.74, 6) is 0. The van der Waals surface area contributed by atoms with Gasteiger partial charge in [0.05, 0.1) is 6.04 Å². The van der Waals surface area contributed by atoms with Gasteiger partial charge in [0.15, 0.2) is 0 Å². The van der Waals surface area contributed by atoms with E-state index < -0.39 is 0 Å². The van der Waals surface area contributed by atoms with Crippen LogP contribution in [-0.4, -0.2) is 11.8 Å². The molecule has 0 spiro atoms. The average molecular weight is 145 g/mol. The summed E-state index contributed by atoms with van der Waals surface area (Å²) in [6, 6.07) is 0.329. The Labute approximate surface area is 66.8 Å². The molecule has 2 rings (SSSR count). The molecule has 1 aliphatic carbocycles. The summed E-state index contributed by atoms with van der Waals surface area (Å²) >= 11 is 0. The minimum absolute atomic E-state index is 0.329. The van der Waals surface area contributed by atoms with E-state index in [-0.39, 0.29) is 0 Å². The van der Waals surface area contributed by atoms with Crippen LogP contribution in [0.25, 0.3) is 0 Å². The van der Waals surface area contributed by atoms with Gasteiger partial charge in [-0.05, 0) is 18.1 Å². The molecule has 0 saturated carbocycles. The van der Waals surface area contributed by atoms with E-state index in [9.17, 15) is 0 Å². The van der Waals surface area contributed by atoms with Crippen LogP contribution in [0.3, 0.4) is 0 Å². The lowest BCUT2D eigenvalue weighted by molar-refractivity contribution is 0.992. The second-order valence-corrected chi connectivity index (χ2v) is 2.81. The fourth-order valence-electron chi connectivity index (χ4n) is 1.40. The van der Waals surface area contributed by atoms with E-state index in [2.05, 4.69) is 42.3 Å². The van der Waals surface area contributed by atoms with Crippen LogP contribution in [0, 0.1) is 0 Å². The first-order chi connectivity index (χ1) is 5.40. The summed E-state index contributed by atoms with van der Waals surface area (Å²) in [4.78, 5) is 4.51. The highest BCUT2D eigenvalue weighted by molar-refractivity contribution is 5.98. The molecule has 1 nitrogen and oxygen atoms in total. The van der Waals surface area contributed by atoms with Crippen LogP contribution in [0.15, 0.2) is 40.9 Å². The van der Waals surface area contributed by atoms with Gasteiger partial charge in [-0.2, -0.15) is 0 Å². The Balaban J connectivity index is 2.31. The van der Waals surface area contributed by atoms with Gasteiger partial charge < -0.3 is 0 Å². The van der Waals surface area contributed by atoms with E-state index >= 15 is 0 Å². The summed E-state index contributed by atoms with van der Waals surface area (Å²) < 4.78 is 0. The molecule has 2 aliphatic rings. The number of allylic oxidation sites excluding steroid dienone is 3. The zero-order chi connectivity index (χ0) is 7.68. The SMILES string of the molecule is CCC1=NC2C=CC=CC2=C1. The molecule has 0 amide bonds. The van der Waals surface area contributed by atoms with E-state index in [1.165, 1.54) is 11.3 Å². The molecular weight excluding hydrogens is 134 g/mol. The first-order valence-electron chi connectivity index (χ1n) is 4.03. The van der Waals surface area contributed by atoms with E-state index in [0.29, 0.717) is 6.04 Å². The number of hydrogen-bond donors (Lipinski definition) is 0. The molecule has 1 unspecified atom stereocenters. The molecule has 0 N–H and O–H groups in total. The fraction of sp³-hybridized carbons (Fsp3) is 0.300. The standard InChI is InChI=1S/C10H11N/c1-2-9-7-8-5-3-4-6-10(8)11-9/h3-7,10H,2H2,1H3. The number of hydrogen-bond acceptors (Lipinski definition) is 1. The molecule has 1 heteroatoms. The molecular formula is C10H11N. The van der Waals surface area contributed by atoms with Gasteiger partial charge in [0, 0.05) is 5.71 Å². The zero-order valence-corrected chi connectivity index (χ0v) is 6.62. The summed E-state index contributed by atoms with van der Waals surface area (Å²) in [6.45, 7) is 2.14. The largest absolute Gasteiger partial charge is 0.278 e. The Morgan fingerprint density at radius 3 is 3.09 bits per heavy atom. The average Bonchev–Trinajstić information content (AvgIpc) is 2.46. The third-order valence-corrected chi connectivity index (χ3v) is 2.04. The van der Waals surface area contributed by atoms with Crippen molar-refractivity contribution >= 4 is 5.71 Å². The zero-order valence-electron chi connectivity index (χ0n) is 6.62. The van der Waals surface area contributed by atoms with E-state index in [1.807, 2.05) is 0 Å². The van der Waals surface area contributed by atoms with Gasteiger partial charge >= 0.3 is 0 Å². The molecule has 0 radical (unpaired) electrons. The summed E-state index contributed by atoms with van der Waals surface area (Å²) in [5, 5.41) is 0. The summed E-state index contributed by atoms with van der Waals surface area (Å²) in [5.41, 5.74) is 2.56. The predicted octanol–water partition coefficient (Wildman–Crippen LogP) is 2.27. The Morgan fingerprint density at radius 2 is 2.36 bits per heavy atom. The molecule has 1 aliphatic heterocycles. The second kappa shape index (κ2) is 2.50. The predicted molar refractivity (Wildman–Crippen MR) is 47.9 cm³/mol. The lowest BCUT2D eigenvalue weighted by atomic mass is 10.0. The van der Waals surface area contributed by atoms with Crippen LogP contribution in [0.1, 0.15) is 13.3 Å². The van der Waals surface area contributed by atoms with Crippen molar-refractivity contribution < 1.29 is 0 Å². The monoisotopic (exact) mass is 145 g/mol. The molecule has 11 heavy (non-hydrogen) atoms. The molecule has 0 aromatic rings. The van der Waals surface area contributed by atoms with Crippen molar-refractivity contribution in [2.45, 2.75) is 19.4 Å². The van der Waals surface area contributed by atoms with E-state index in [4.69, 9.17) is 0 Å². The van der Waals surface area contributed by atoms with Crippen molar-refractivity contribution in [1.82, 2.24) is 0 Å². The Bertz CT molecular complexity index is 279. The molecule has 0 bridgehead atoms. The quantitative estimate of drug-likeness (QED) is 0.536. The van der Waals surface area contributed by atoms with Crippen LogP contribution in [0.2, 0.25) is 0 Å². The maximum Gasteiger partial charge on any atom is 0.0937 e. The minimum Gasteiger partial charge on any atom is -0.278 e. The van der Waals surface area contributed by atoms with Crippen molar-refractivity contribution in [2.75, 3.05) is 0 Å². The molecule has 0 aromatic heterocycles. The second-order valence-electron chi connectivity index (χ2n) is 2.81. The minimum atomic E-state index is 0.329. The fourth-order valence-corrected chi connectivity index (χ4v) is 1.40. The first kappa shape index (κ1) is 6.59. The summed E-state index contributed by atoms with van der Waals surface area (Å²) in [6.07, 6.45) is 11.6. The Kier molecular flexibility index (Phi) is 1.50. The maximum atomic E-state index is 4.51. The maximum absolute atomic E-state index is 4.51. The van der Waals surface area contributed by atoms with Crippen molar-refractivity contribution in [3.63, 3.8) is 0 Å². The number of rotatable bonds is 1.